The molecule has 0 bridgehead atoms. The molecule has 0 unspecified atom stereocenters. The predicted molar refractivity (Wildman–Crippen MR) is 84.9 cm³/mol. The van der Waals surface area contributed by atoms with Gasteiger partial charge < -0.3 is 14.3 Å². The van der Waals surface area contributed by atoms with Crippen molar-refractivity contribution in [2.24, 2.45) is 0 Å². The molecule has 0 aliphatic rings. The van der Waals surface area contributed by atoms with Gasteiger partial charge in [0.15, 0.2) is 5.76 Å². The van der Waals surface area contributed by atoms with E-state index in [-0.39, 0.29) is 18.1 Å². The van der Waals surface area contributed by atoms with Gasteiger partial charge in [-0.1, -0.05) is 23.4 Å². The number of nitrogens with one attached hydrogen (secondary N) is 1. The first-order chi connectivity index (χ1) is 11.8. The van der Waals surface area contributed by atoms with E-state index in [9.17, 15) is 4.79 Å². The van der Waals surface area contributed by atoms with E-state index in [2.05, 4.69) is 20.4 Å². The molecule has 4 aromatic rings. The summed E-state index contributed by atoms with van der Waals surface area (Å²) in [7, 11) is 0. The Labute approximate surface area is 136 Å². The Morgan fingerprint density at radius 2 is 2.04 bits per heavy atom. The third kappa shape index (κ3) is 2.74. The normalized spacial score (nSPS) is 10.8. The van der Waals surface area contributed by atoms with Crippen molar-refractivity contribution in [2.75, 3.05) is 0 Å². The lowest BCUT2D eigenvalue weighted by Crippen LogP contribution is -2.23. The van der Waals surface area contributed by atoms with Crippen molar-refractivity contribution in [2.45, 2.75) is 6.54 Å². The SMILES string of the molecule is O=C(NCc1cc(-c2cc3ccccc3o2)on1)c1cnccn1. The molecule has 0 aliphatic heterocycles. The van der Waals surface area contributed by atoms with Crippen LogP contribution in [-0.4, -0.2) is 21.0 Å². The van der Waals surface area contributed by atoms with Gasteiger partial charge in [0.25, 0.3) is 5.91 Å². The average molecular weight is 320 g/mol. The Morgan fingerprint density at radius 3 is 2.88 bits per heavy atom. The van der Waals surface area contributed by atoms with Crippen LogP contribution in [-0.2, 0) is 6.54 Å². The number of hydrogen-bond donors (Lipinski definition) is 1. The molecule has 1 N–H and O–H groups in total. The van der Waals surface area contributed by atoms with Crippen LogP contribution < -0.4 is 5.32 Å². The summed E-state index contributed by atoms with van der Waals surface area (Å²) in [5.41, 5.74) is 1.61. The Bertz CT molecular complexity index is 958. The number of nitrogens with zero attached hydrogens (tertiary/aromatic N) is 3. The number of carbonyl (C=O) groups is 1. The number of amides is 1. The molecule has 3 heterocycles. The maximum atomic E-state index is 11.9. The van der Waals surface area contributed by atoms with Gasteiger partial charge in [0.05, 0.1) is 12.7 Å². The molecule has 4 rings (SSSR count). The summed E-state index contributed by atoms with van der Waals surface area (Å²) < 4.78 is 11.0. The van der Waals surface area contributed by atoms with E-state index in [1.807, 2.05) is 30.3 Å². The standard InChI is InChI=1S/C17H12N4O3/c22-17(13-10-18-5-6-19-13)20-9-12-8-16(24-21-12)15-7-11-3-1-2-4-14(11)23-15/h1-8,10H,9H2,(H,20,22). The van der Waals surface area contributed by atoms with E-state index in [1.165, 1.54) is 18.6 Å². The van der Waals surface area contributed by atoms with Gasteiger partial charge in [0.1, 0.15) is 17.0 Å². The number of benzene rings is 1. The number of aromatic nitrogens is 3. The molecule has 24 heavy (non-hydrogen) atoms. The second kappa shape index (κ2) is 5.96. The molecule has 3 aromatic heterocycles. The molecular weight excluding hydrogens is 308 g/mol. The smallest absolute Gasteiger partial charge is 0.271 e. The van der Waals surface area contributed by atoms with Crippen LogP contribution in [0, 0.1) is 0 Å². The molecule has 7 heteroatoms. The van der Waals surface area contributed by atoms with Crippen LogP contribution in [0.3, 0.4) is 0 Å². The van der Waals surface area contributed by atoms with Crippen molar-refractivity contribution in [1.82, 2.24) is 20.4 Å². The molecule has 0 saturated heterocycles. The Balaban J connectivity index is 1.48. The first-order valence-electron chi connectivity index (χ1n) is 7.28. The van der Waals surface area contributed by atoms with Crippen LogP contribution in [0.15, 0.2) is 63.9 Å². The Hall–Kier alpha value is -3.48. The minimum absolute atomic E-state index is 0.221. The van der Waals surface area contributed by atoms with E-state index in [0.29, 0.717) is 17.2 Å². The van der Waals surface area contributed by atoms with Gasteiger partial charge in [-0.2, -0.15) is 0 Å². The molecule has 0 aliphatic carbocycles. The Kier molecular flexibility index (Phi) is 3.51. The quantitative estimate of drug-likeness (QED) is 0.621. The first-order valence-corrected chi connectivity index (χ1v) is 7.28. The number of furan rings is 1. The second-order valence-electron chi connectivity index (χ2n) is 5.10. The summed E-state index contributed by atoms with van der Waals surface area (Å²) in [6, 6.07) is 11.3. The first kappa shape index (κ1) is 14.1. The number of rotatable bonds is 4. The van der Waals surface area contributed by atoms with Crippen molar-refractivity contribution in [3.63, 3.8) is 0 Å². The van der Waals surface area contributed by atoms with Gasteiger partial charge in [0, 0.05) is 23.8 Å². The van der Waals surface area contributed by atoms with Gasteiger partial charge in [-0.15, -0.1) is 0 Å². The van der Waals surface area contributed by atoms with Crippen molar-refractivity contribution >= 4 is 16.9 Å². The summed E-state index contributed by atoms with van der Waals surface area (Å²) in [6.07, 6.45) is 4.37. The van der Waals surface area contributed by atoms with E-state index >= 15 is 0 Å². The minimum Gasteiger partial charge on any atom is -0.453 e. The highest BCUT2D eigenvalue weighted by Crippen LogP contribution is 2.28. The zero-order chi connectivity index (χ0) is 16.4. The van der Waals surface area contributed by atoms with E-state index in [0.717, 1.165) is 11.0 Å². The monoisotopic (exact) mass is 320 g/mol. The number of hydrogen-bond acceptors (Lipinski definition) is 6. The number of fused-ring (bicyclic) bond motifs is 1. The van der Waals surface area contributed by atoms with Crippen LogP contribution in [0.1, 0.15) is 16.2 Å². The minimum atomic E-state index is -0.323. The molecule has 7 nitrogen and oxygen atoms in total. The summed E-state index contributed by atoms with van der Waals surface area (Å²) in [4.78, 5) is 19.7. The number of para-hydroxylation sites is 1. The molecule has 118 valence electrons. The topological polar surface area (TPSA) is 94.1 Å². The molecule has 0 spiro atoms. The molecule has 0 saturated carbocycles. The zero-order valence-electron chi connectivity index (χ0n) is 12.5. The lowest BCUT2D eigenvalue weighted by Gasteiger charge is -2.00. The predicted octanol–water partition coefficient (Wildman–Crippen LogP) is 2.81. The average Bonchev–Trinajstić information content (AvgIpc) is 3.27. The summed E-state index contributed by atoms with van der Waals surface area (Å²) in [5, 5.41) is 7.64. The third-order valence-electron chi connectivity index (χ3n) is 3.45. The van der Waals surface area contributed by atoms with Gasteiger partial charge in [-0.25, -0.2) is 4.98 Å². The number of carbonyl (C=O) groups excluding carboxylic acids is 1. The van der Waals surface area contributed by atoms with Crippen LogP contribution in [0.4, 0.5) is 0 Å². The van der Waals surface area contributed by atoms with Gasteiger partial charge in [0.2, 0.25) is 5.76 Å². The fourth-order valence-electron chi connectivity index (χ4n) is 2.29. The summed E-state index contributed by atoms with van der Waals surface area (Å²) >= 11 is 0. The largest absolute Gasteiger partial charge is 0.453 e. The van der Waals surface area contributed by atoms with Gasteiger partial charge in [-0.3, -0.25) is 9.78 Å². The third-order valence-corrected chi connectivity index (χ3v) is 3.45. The van der Waals surface area contributed by atoms with Crippen molar-refractivity contribution in [3.05, 3.63) is 66.4 Å². The van der Waals surface area contributed by atoms with Crippen molar-refractivity contribution in [3.8, 4) is 11.5 Å². The maximum absolute atomic E-state index is 11.9. The van der Waals surface area contributed by atoms with Crippen LogP contribution in [0.2, 0.25) is 0 Å². The fraction of sp³-hybridized carbons (Fsp3) is 0.0588. The van der Waals surface area contributed by atoms with Crippen LogP contribution in [0.5, 0.6) is 0 Å². The maximum Gasteiger partial charge on any atom is 0.271 e. The molecule has 0 atom stereocenters. The summed E-state index contributed by atoms with van der Waals surface area (Å²) in [6.45, 7) is 0.221. The molecule has 1 aromatic carbocycles. The highest BCUT2D eigenvalue weighted by Gasteiger charge is 2.13. The highest BCUT2D eigenvalue weighted by atomic mass is 16.5. The zero-order valence-corrected chi connectivity index (χ0v) is 12.5. The lowest BCUT2D eigenvalue weighted by molar-refractivity contribution is 0.0944. The van der Waals surface area contributed by atoms with Crippen molar-refractivity contribution in [1.29, 1.82) is 0 Å². The molecule has 0 radical (unpaired) electrons. The van der Waals surface area contributed by atoms with Crippen molar-refractivity contribution < 1.29 is 13.7 Å². The van der Waals surface area contributed by atoms with Crippen LogP contribution >= 0.6 is 0 Å². The van der Waals surface area contributed by atoms with Gasteiger partial charge >= 0.3 is 0 Å². The lowest BCUT2D eigenvalue weighted by atomic mass is 10.2. The van der Waals surface area contributed by atoms with Crippen LogP contribution in [0.25, 0.3) is 22.5 Å². The van der Waals surface area contributed by atoms with Gasteiger partial charge in [-0.05, 0) is 12.1 Å². The molecule has 0 fully saturated rings. The van der Waals surface area contributed by atoms with E-state index in [1.54, 1.807) is 6.07 Å². The summed E-state index contributed by atoms with van der Waals surface area (Å²) in [5.74, 6) is 0.779. The van der Waals surface area contributed by atoms with E-state index < -0.39 is 0 Å². The second-order valence-corrected chi connectivity index (χ2v) is 5.10. The highest BCUT2D eigenvalue weighted by molar-refractivity contribution is 5.91. The molecule has 1 amide bonds. The Morgan fingerprint density at radius 1 is 1.12 bits per heavy atom. The fourth-order valence-corrected chi connectivity index (χ4v) is 2.29. The van der Waals surface area contributed by atoms with E-state index in [4.69, 9.17) is 8.94 Å². The molecular formula is C17H12N4O3.